The van der Waals surface area contributed by atoms with Crippen LogP contribution in [0.5, 0.6) is 0 Å². The lowest BCUT2D eigenvalue weighted by atomic mass is 10.0. The molecule has 0 aromatic heterocycles. The van der Waals surface area contributed by atoms with E-state index in [1.54, 1.807) is 0 Å². The average Bonchev–Trinajstić information content (AvgIpc) is 3.36. The highest BCUT2D eigenvalue weighted by Gasteiger charge is 2.14. The van der Waals surface area contributed by atoms with E-state index in [0.717, 1.165) is 70.9 Å². The van der Waals surface area contributed by atoms with E-state index in [-0.39, 0.29) is 0 Å². The predicted molar refractivity (Wildman–Crippen MR) is 269 cm³/mol. The van der Waals surface area contributed by atoms with Gasteiger partial charge in [0.15, 0.2) is 0 Å². The Morgan fingerprint density at radius 1 is 0.297 bits per heavy atom. The van der Waals surface area contributed by atoms with Crippen LogP contribution < -0.4 is 9.80 Å². The van der Waals surface area contributed by atoms with Gasteiger partial charge in [0, 0.05) is 34.1 Å². The van der Waals surface area contributed by atoms with Crippen LogP contribution in [0.3, 0.4) is 0 Å². The van der Waals surface area contributed by atoms with E-state index in [2.05, 4.69) is 229 Å². The van der Waals surface area contributed by atoms with Gasteiger partial charge in [-0.25, -0.2) is 0 Å². The summed E-state index contributed by atoms with van der Waals surface area (Å²) in [6, 6.07) is 73.6. The zero-order chi connectivity index (χ0) is 43.8. The summed E-state index contributed by atoms with van der Waals surface area (Å²) in [6.07, 6.45) is 7.35. The monoisotopic (exact) mass is 836 g/mol. The second kappa shape index (κ2) is 22.2. The highest BCUT2D eigenvalue weighted by Crippen LogP contribution is 2.36. The molecule has 0 spiro atoms. The lowest BCUT2D eigenvalue weighted by Crippen LogP contribution is -2.10. The molecule has 0 aliphatic rings. The molecule has 0 amide bonds. The summed E-state index contributed by atoms with van der Waals surface area (Å²) in [6.45, 7) is 10.2. The van der Waals surface area contributed by atoms with E-state index < -0.39 is 0 Å². The molecular weight excluding hydrogens is 781 g/mol. The molecule has 0 saturated carbocycles. The number of aryl methyl sites for hydroxylation is 2. The van der Waals surface area contributed by atoms with Crippen LogP contribution in [0, 0.1) is 0 Å². The zero-order valence-corrected chi connectivity index (χ0v) is 36.6. The number of rotatable bonds is 21. The van der Waals surface area contributed by atoms with Gasteiger partial charge in [0.05, 0.1) is 26.4 Å². The Kier molecular flexibility index (Phi) is 15.1. The summed E-state index contributed by atoms with van der Waals surface area (Å²) >= 11 is 0. The standard InChI is InChI=1S/C60H56N2O2/c1-3-47-15-21-53(22-16-47)45-63-43-41-51-29-37-59(38-30-51)61(55-11-7-5-8-12-55)57-33-25-49(26-34-57)19-20-50-27-35-58(36-28-50)62(56-13-9-6-10-14-56)60-39-31-52(32-40-60)42-44-64-46-54-23-17-48(4-2)18-24-54/h3-18,21-40H,1-2,19-20,41-46H2. The highest BCUT2D eigenvalue weighted by atomic mass is 16.5. The maximum atomic E-state index is 6.01. The van der Waals surface area contributed by atoms with Crippen molar-refractivity contribution in [1.82, 2.24) is 0 Å². The van der Waals surface area contributed by atoms with Gasteiger partial charge in [-0.05, 0) is 143 Å². The Balaban J connectivity index is 0.871. The van der Waals surface area contributed by atoms with E-state index in [0.29, 0.717) is 26.4 Å². The van der Waals surface area contributed by atoms with E-state index >= 15 is 0 Å². The van der Waals surface area contributed by atoms with Crippen molar-refractivity contribution in [3.8, 4) is 0 Å². The third-order valence-electron chi connectivity index (χ3n) is 11.5. The molecule has 0 atom stereocenters. The molecule has 0 aliphatic heterocycles. The number of benzene rings is 8. The minimum atomic E-state index is 0.606. The molecule has 0 unspecified atom stereocenters. The van der Waals surface area contributed by atoms with Crippen LogP contribution in [0.15, 0.2) is 219 Å². The number of hydrogen-bond acceptors (Lipinski definition) is 4. The largest absolute Gasteiger partial charge is 0.376 e. The summed E-state index contributed by atoms with van der Waals surface area (Å²) in [5.41, 5.74) is 16.5. The number of hydrogen-bond donors (Lipinski definition) is 0. The van der Waals surface area contributed by atoms with Gasteiger partial charge < -0.3 is 19.3 Å². The first-order valence-electron chi connectivity index (χ1n) is 22.3. The first-order valence-corrected chi connectivity index (χ1v) is 22.3. The molecule has 0 aliphatic carbocycles. The number of nitrogens with zero attached hydrogens (tertiary/aromatic N) is 2. The molecule has 4 nitrogen and oxygen atoms in total. The fraction of sp³-hybridized carbons (Fsp3) is 0.133. The van der Waals surface area contributed by atoms with Crippen LogP contribution in [0.4, 0.5) is 34.1 Å². The van der Waals surface area contributed by atoms with Crippen LogP contribution in [0.2, 0.25) is 0 Å². The molecule has 0 fully saturated rings. The fourth-order valence-corrected chi connectivity index (χ4v) is 7.84. The minimum Gasteiger partial charge on any atom is -0.376 e. The Morgan fingerprint density at radius 2 is 0.562 bits per heavy atom. The van der Waals surface area contributed by atoms with Gasteiger partial charge in [-0.2, -0.15) is 0 Å². The molecule has 0 N–H and O–H groups in total. The smallest absolute Gasteiger partial charge is 0.0717 e. The van der Waals surface area contributed by atoms with Crippen LogP contribution in [0.25, 0.3) is 12.2 Å². The summed E-state index contributed by atoms with van der Waals surface area (Å²) in [7, 11) is 0. The van der Waals surface area contributed by atoms with Crippen molar-refractivity contribution in [2.75, 3.05) is 23.0 Å². The van der Waals surface area contributed by atoms with Crippen LogP contribution in [-0.2, 0) is 48.4 Å². The van der Waals surface area contributed by atoms with Crippen molar-refractivity contribution in [3.05, 3.63) is 264 Å². The zero-order valence-electron chi connectivity index (χ0n) is 36.6. The molecule has 8 aromatic rings. The molecule has 8 rings (SSSR count). The Labute approximate surface area is 380 Å². The second-order valence-corrected chi connectivity index (χ2v) is 16.0. The number of anilines is 6. The summed E-state index contributed by atoms with van der Waals surface area (Å²) < 4.78 is 12.0. The summed E-state index contributed by atoms with van der Waals surface area (Å²) in [4.78, 5) is 4.64. The SMILES string of the molecule is C=Cc1ccc(COCCc2ccc(N(c3ccccc3)c3ccc(CCc4ccc(N(c5ccccc5)c5ccc(CCOCc6ccc(C=C)cc6)cc5)cc4)cc3)cc2)cc1. The molecule has 0 bridgehead atoms. The maximum absolute atomic E-state index is 6.01. The van der Waals surface area contributed by atoms with Gasteiger partial charge >= 0.3 is 0 Å². The van der Waals surface area contributed by atoms with Crippen molar-refractivity contribution in [2.24, 2.45) is 0 Å². The third-order valence-corrected chi connectivity index (χ3v) is 11.5. The lowest BCUT2D eigenvalue weighted by Gasteiger charge is -2.26. The third kappa shape index (κ3) is 11.8. The Morgan fingerprint density at radius 3 is 0.859 bits per heavy atom. The second-order valence-electron chi connectivity index (χ2n) is 16.0. The van der Waals surface area contributed by atoms with Crippen molar-refractivity contribution in [1.29, 1.82) is 0 Å². The Hall–Kier alpha value is -7.24. The van der Waals surface area contributed by atoms with Gasteiger partial charge in [0.2, 0.25) is 0 Å². The molecule has 0 saturated heterocycles. The quantitative estimate of drug-likeness (QED) is 0.0673. The van der Waals surface area contributed by atoms with Crippen molar-refractivity contribution in [2.45, 2.75) is 38.9 Å². The predicted octanol–water partition coefficient (Wildman–Crippen LogP) is 15.2. The molecule has 4 heteroatoms. The number of ether oxygens (including phenoxy) is 2. The highest BCUT2D eigenvalue weighted by molar-refractivity contribution is 5.78. The Bertz CT molecular complexity index is 2450. The van der Waals surface area contributed by atoms with E-state index in [9.17, 15) is 0 Å². The molecule has 0 radical (unpaired) electrons. The fourth-order valence-electron chi connectivity index (χ4n) is 7.84. The van der Waals surface area contributed by atoms with Crippen molar-refractivity contribution in [3.63, 3.8) is 0 Å². The van der Waals surface area contributed by atoms with E-state index in [1.807, 2.05) is 12.2 Å². The first kappa shape index (κ1) is 43.4. The van der Waals surface area contributed by atoms with Crippen molar-refractivity contribution < 1.29 is 9.47 Å². The van der Waals surface area contributed by atoms with Gasteiger partial charge in [-0.1, -0.05) is 159 Å². The molecule has 0 heterocycles. The van der Waals surface area contributed by atoms with Gasteiger partial charge in [0.1, 0.15) is 0 Å². The minimum absolute atomic E-state index is 0.606. The van der Waals surface area contributed by atoms with E-state index in [1.165, 1.54) is 33.4 Å². The topological polar surface area (TPSA) is 24.9 Å². The van der Waals surface area contributed by atoms with Crippen LogP contribution in [-0.4, -0.2) is 13.2 Å². The summed E-state index contributed by atoms with van der Waals surface area (Å²) in [5, 5.41) is 0. The lowest BCUT2D eigenvalue weighted by molar-refractivity contribution is 0.124. The van der Waals surface area contributed by atoms with Crippen LogP contribution >= 0.6 is 0 Å². The average molecular weight is 837 g/mol. The van der Waals surface area contributed by atoms with Gasteiger partial charge in [-0.3, -0.25) is 0 Å². The molecule has 318 valence electrons. The molecular formula is C60H56N2O2. The van der Waals surface area contributed by atoms with Crippen LogP contribution in [0.1, 0.15) is 44.5 Å². The maximum Gasteiger partial charge on any atom is 0.0717 e. The first-order chi connectivity index (χ1) is 31.6. The number of para-hydroxylation sites is 2. The molecule has 8 aromatic carbocycles. The summed E-state index contributed by atoms with van der Waals surface area (Å²) in [5.74, 6) is 0. The van der Waals surface area contributed by atoms with Crippen molar-refractivity contribution >= 4 is 46.3 Å². The van der Waals surface area contributed by atoms with Gasteiger partial charge in [-0.15, -0.1) is 0 Å². The van der Waals surface area contributed by atoms with E-state index in [4.69, 9.17) is 9.47 Å². The normalized spacial score (nSPS) is 10.9. The van der Waals surface area contributed by atoms with Gasteiger partial charge in [0.25, 0.3) is 0 Å². The molecule has 64 heavy (non-hydrogen) atoms.